The molecule has 0 saturated carbocycles. The highest BCUT2D eigenvalue weighted by Crippen LogP contribution is 2.14. The fourth-order valence-electron chi connectivity index (χ4n) is 0.878. The average molecular weight is 195 g/mol. The first kappa shape index (κ1) is 10.3. The molecular weight excluding hydrogens is 182 g/mol. The third-order valence-electron chi connectivity index (χ3n) is 1.44. The van der Waals surface area contributed by atoms with Gasteiger partial charge in [0, 0.05) is 22.4 Å². The van der Waals surface area contributed by atoms with Gasteiger partial charge in [-0.2, -0.15) is 0 Å². The summed E-state index contributed by atoms with van der Waals surface area (Å²) >= 11 is 1.67. The van der Waals surface area contributed by atoms with E-state index in [1.54, 1.807) is 11.3 Å². The zero-order valence-corrected chi connectivity index (χ0v) is 8.49. The summed E-state index contributed by atoms with van der Waals surface area (Å²) in [5.74, 6) is 5.80. The SMILES string of the molecule is CCOCc1cc(C#CCN)cs1. The molecule has 1 aromatic rings. The summed E-state index contributed by atoms with van der Waals surface area (Å²) in [6.07, 6.45) is 0. The van der Waals surface area contributed by atoms with Crippen LogP contribution in [0.4, 0.5) is 0 Å². The second-order valence-corrected chi connectivity index (χ2v) is 3.44. The van der Waals surface area contributed by atoms with Crippen LogP contribution in [0.15, 0.2) is 11.4 Å². The summed E-state index contributed by atoms with van der Waals surface area (Å²) in [7, 11) is 0. The van der Waals surface area contributed by atoms with Gasteiger partial charge in [0.15, 0.2) is 0 Å². The van der Waals surface area contributed by atoms with E-state index in [1.165, 1.54) is 4.88 Å². The zero-order chi connectivity index (χ0) is 9.52. The summed E-state index contributed by atoms with van der Waals surface area (Å²) in [6.45, 7) is 3.84. The predicted molar refractivity (Wildman–Crippen MR) is 55.6 cm³/mol. The lowest BCUT2D eigenvalue weighted by Crippen LogP contribution is -1.92. The van der Waals surface area contributed by atoms with Crippen molar-refractivity contribution in [2.24, 2.45) is 5.73 Å². The minimum absolute atomic E-state index is 0.413. The van der Waals surface area contributed by atoms with Gasteiger partial charge in [0.25, 0.3) is 0 Å². The smallest absolute Gasteiger partial charge is 0.0809 e. The van der Waals surface area contributed by atoms with Crippen LogP contribution in [0.2, 0.25) is 0 Å². The van der Waals surface area contributed by atoms with Crippen molar-refractivity contribution in [2.75, 3.05) is 13.2 Å². The van der Waals surface area contributed by atoms with Crippen LogP contribution < -0.4 is 5.73 Å². The van der Waals surface area contributed by atoms with Crippen molar-refractivity contribution in [3.05, 3.63) is 21.9 Å². The topological polar surface area (TPSA) is 35.2 Å². The van der Waals surface area contributed by atoms with Gasteiger partial charge in [-0.3, -0.25) is 0 Å². The number of nitrogens with two attached hydrogens (primary N) is 1. The lowest BCUT2D eigenvalue weighted by atomic mass is 10.3. The first-order valence-corrected chi connectivity index (χ1v) is 5.09. The summed E-state index contributed by atoms with van der Waals surface area (Å²) in [6, 6.07) is 2.04. The van der Waals surface area contributed by atoms with E-state index in [4.69, 9.17) is 10.5 Å². The van der Waals surface area contributed by atoms with Crippen molar-refractivity contribution >= 4 is 11.3 Å². The van der Waals surface area contributed by atoms with Crippen molar-refractivity contribution in [2.45, 2.75) is 13.5 Å². The molecule has 0 radical (unpaired) electrons. The van der Waals surface area contributed by atoms with E-state index in [-0.39, 0.29) is 0 Å². The molecule has 0 aliphatic heterocycles. The Kier molecular flexibility index (Phi) is 4.55. The zero-order valence-electron chi connectivity index (χ0n) is 7.67. The maximum Gasteiger partial charge on any atom is 0.0809 e. The monoisotopic (exact) mass is 195 g/mol. The highest BCUT2D eigenvalue weighted by molar-refractivity contribution is 7.10. The van der Waals surface area contributed by atoms with Crippen molar-refractivity contribution in [1.82, 2.24) is 0 Å². The van der Waals surface area contributed by atoms with Gasteiger partial charge in [-0.25, -0.2) is 0 Å². The van der Waals surface area contributed by atoms with E-state index in [9.17, 15) is 0 Å². The Balaban J connectivity index is 2.53. The fraction of sp³-hybridized carbons (Fsp3) is 0.400. The molecule has 0 bridgehead atoms. The third-order valence-corrected chi connectivity index (χ3v) is 2.35. The molecule has 0 aliphatic carbocycles. The van der Waals surface area contributed by atoms with E-state index in [0.717, 1.165) is 12.2 Å². The fourth-order valence-corrected chi connectivity index (χ4v) is 1.63. The number of hydrogen-bond donors (Lipinski definition) is 1. The predicted octanol–water partition coefficient (Wildman–Crippen LogP) is 1.59. The lowest BCUT2D eigenvalue weighted by Gasteiger charge is -1.94. The molecule has 2 nitrogen and oxygen atoms in total. The summed E-state index contributed by atoms with van der Waals surface area (Å²) < 4.78 is 5.27. The van der Waals surface area contributed by atoms with Gasteiger partial charge in [0.1, 0.15) is 0 Å². The average Bonchev–Trinajstić information content (AvgIpc) is 2.59. The van der Waals surface area contributed by atoms with Gasteiger partial charge < -0.3 is 10.5 Å². The van der Waals surface area contributed by atoms with Gasteiger partial charge in [0.05, 0.1) is 13.2 Å². The quantitative estimate of drug-likeness (QED) is 0.743. The second-order valence-electron chi connectivity index (χ2n) is 2.44. The molecular formula is C10H13NOS. The number of ether oxygens (including phenoxy) is 1. The van der Waals surface area contributed by atoms with Gasteiger partial charge in [0.2, 0.25) is 0 Å². The summed E-state index contributed by atoms with van der Waals surface area (Å²) in [4.78, 5) is 1.21. The molecule has 1 heterocycles. The van der Waals surface area contributed by atoms with E-state index in [1.807, 2.05) is 18.4 Å². The Hall–Kier alpha value is -0.820. The standard InChI is InChI=1S/C10H13NOS/c1-2-12-7-10-6-9(8-13-10)4-3-5-11/h6,8H,2,5,7,11H2,1H3. The Morgan fingerprint density at radius 2 is 2.46 bits per heavy atom. The van der Waals surface area contributed by atoms with Crippen LogP contribution >= 0.6 is 11.3 Å². The largest absolute Gasteiger partial charge is 0.376 e. The molecule has 0 atom stereocenters. The minimum atomic E-state index is 0.413. The maximum absolute atomic E-state index is 5.27. The van der Waals surface area contributed by atoms with Crippen molar-refractivity contribution in [1.29, 1.82) is 0 Å². The Morgan fingerprint density at radius 3 is 3.15 bits per heavy atom. The molecule has 3 heteroatoms. The van der Waals surface area contributed by atoms with E-state index in [0.29, 0.717) is 13.2 Å². The van der Waals surface area contributed by atoms with Gasteiger partial charge in [-0.05, 0) is 13.0 Å². The molecule has 0 saturated heterocycles. The van der Waals surface area contributed by atoms with E-state index >= 15 is 0 Å². The number of rotatable bonds is 3. The van der Waals surface area contributed by atoms with Crippen molar-refractivity contribution < 1.29 is 4.74 Å². The molecule has 1 rings (SSSR count). The second kappa shape index (κ2) is 5.76. The molecule has 0 aliphatic rings. The van der Waals surface area contributed by atoms with Gasteiger partial charge in [-0.15, -0.1) is 11.3 Å². The highest BCUT2D eigenvalue weighted by Gasteiger charge is 1.96. The van der Waals surface area contributed by atoms with Crippen LogP contribution in [0.25, 0.3) is 0 Å². The summed E-state index contributed by atoms with van der Waals surface area (Å²) in [5.41, 5.74) is 6.30. The molecule has 0 unspecified atom stereocenters. The third kappa shape index (κ3) is 3.60. The molecule has 0 aromatic carbocycles. The number of thiophene rings is 1. The maximum atomic E-state index is 5.27. The van der Waals surface area contributed by atoms with E-state index in [2.05, 4.69) is 11.8 Å². The Bertz CT molecular complexity index is 308. The van der Waals surface area contributed by atoms with Crippen molar-refractivity contribution in [3.63, 3.8) is 0 Å². The Labute approximate surface area is 82.7 Å². The minimum Gasteiger partial charge on any atom is -0.376 e. The normalized spacial score (nSPS) is 9.38. The molecule has 0 amide bonds. The molecule has 70 valence electrons. The van der Waals surface area contributed by atoms with Crippen LogP contribution in [-0.2, 0) is 11.3 Å². The highest BCUT2D eigenvalue weighted by atomic mass is 32.1. The van der Waals surface area contributed by atoms with Crippen LogP contribution in [-0.4, -0.2) is 13.2 Å². The van der Waals surface area contributed by atoms with Crippen LogP contribution in [0.5, 0.6) is 0 Å². The first-order chi connectivity index (χ1) is 6.36. The van der Waals surface area contributed by atoms with Gasteiger partial charge >= 0.3 is 0 Å². The lowest BCUT2D eigenvalue weighted by molar-refractivity contribution is 0.136. The van der Waals surface area contributed by atoms with Crippen LogP contribution in [0, 0.1) is 11.8 Å². The van der Waals surface area contributed by atoms with Crippen LogP contribution in [0.3, 0.4) is 0 Å². The summed E-state index contributed by atoms with van der Waals surface area (Å²) in [5, 5.41) is 2.02. The van der Waals surface area contributed by atoms with Crippen molar-refractivity contribution in [3.8, 4) is 11.8 Å². The number of hydrogen-bond acceptors (Lipinski definition) is 3. The molecule has 0 fully saturated rings. The van der Waals surface area contributed by atoms with Gasteiger partial charge in [-0.1, -0.05) is 11.8 Å². The van der Waals surface area contributed by atoms with Crippen LogP contribution in [0.1, 0.15) is 17.4 Å². The Morgan fingerprint density at radius 1 is 1.62 bits per heavy atom. The molecule has 13 heavy (non-hydrogen) atoms. The molecule has 1 aromatic heterocycles. The molecule has 0 spiro atoms. The van der Waals surface area contributed by atoms with E-state index < -0.39 is 0 Å². The molecule has 2 N–H and O–H groups in total. The first-order valence-electron chi connectivity index (χ1n) is 4.21.